The molecule has 2 amide bonds. The van der Waals surface area contributed by atoms with Gasteiger partial charge in [0.2, 0.25) is 0 Å². The fourth-order valence-corrected chi connectivity index (χ4v) is 4.44. The van der Waals surface area contributed by atoms with Crippen molar-refractivity contribution in [3.63, 3.8) is 0 Å². The third kappa shape index (κ3) is 4.87. The number of carbonyl (C=O) groups excluding carboxylic acids is 2. The third-order valence-electron chi connectivity index (χ3n) is 4.96. The fraction of sp³-hybridized carbons (Fsp3) is 0.217. The molecule has 0 bridgehead atoms. The van der Waals surface area contributed by atoms with E-state index in [4.69, 9.17) is 9.47 Å². The highest BCUT2D eigenvalue weighted by Gasteiger charge is 2.22. The van der Waals surface area contributed by atoms with Crippen LogP contribution in [0.15, 0.2) is 60.7 Å². The first-order valence-corrected chi connectivity index (χ1v) is 10.7. The van der Waals surface area contributed by atoms with E-state index in [2.05, 4.69) is 15.8 Å². The van der Waals surface area contributed by atoms with Crippen molar-refractivity contribution in [3.8, 4) is 16.9 Å². The van der Waals surface area contributed by atoms with Gasteiger partial charge < -0.3 is 14.4 Å². The van der Waals surface area contributed by atoms with Crippen molar-refractivity contribution in [2.45, 2.75) is 0 Å². The minimum Gasteiger partial charge on any atom is -0.497 e. The Bertz CT molecular complexity index is 1040. The second-order valence-corrected chi connectivity index (χ2v) is 7.96. The summed E-state index contributed by atoms with van der Waals surface area (Å²) in [5.74, 6) is -0.101. The molecule has 1 fully saturated rings. The van der Waals surface area contributed by atoms with E-state index in [0.29, 0.717) is 29.4 Å². The van der Waals surface area contributed by atoms with Crippen molar-refractivity contribution in [2.24, 2.45) is 0 Å². The summed E-state index contributed by atoms with van der Waals surface area (Å²) < 4.78 is 10.6. The molecule has 1 aliphatic heterocycles. The number of hydrazine groups is 1. The van der Waals surface area contributed by atoms with E-state index in [1.54, 1.807) is 31.4 Å². The van der Waals surface area contributed by atoms with Crippen LogP contribution in [0.4, 0.5) is 5.00 Å². The summed E-state index contributed by atoms with van der Waals surface area (Å²) >= 11 is 1.41. The monoisotopic (exact) mass is 437 g/mol. The van der Waals surface area contributed by atoms with Crippen LogP contribution < -0.4 is 20.5 Å². The Morgan fingerprint density at radius 3 is 2.32 bits per heavy atom. The largest absolute Gasteiger partial charge is 0.497 e. The van der Waals surface area contributed by atoms with Gasteiger partial charge >= 0.3 is 0 Å². The first-order valence-electron chi connectivity index (χ1n) is 9.92. The van der Waals surface area contributed by atoms with E-state index in [0.717, 1.165) is 29.2 Å². The Morgan fingerprint density at radius 2 is 1.65 bits per heavy atom. The molecule has 2 aromatic carbocycles. The van der Waals surface area contributed by atoms with Gasteiger partial charge in [-0.05, 0) is 35.9 Å². The van der Waals surface area contributed by atoms with Gasteiger partial charge in [-0.25, -0.2) is 0 Å². The second kappa shape index (κ2) is 9.63. The van der Waals surface area contributed by atoms with Crippen LogP contribution in [0.5, 0.6) is 5.75 Å². The Labute approximate surface area is 184 Å². The summed E-state index contributed by atoms with van der Waals surface area (Å²) in [4.78, 5) is 27.9. The molecule has 0 saturated carbocycles. The molecular weight excluding hydrogens is 414 g/mol. The zero-order chi connectivity index (χ0) is 21.6. The lowest BCUT2D eigenvalue weighted by Gasteiger charge is -2.28. The molecule has 2 heterocycles. The topological polar surface area (TPSA) is 79.9 Å². The Balaban J connectivity index is 1.50. The number of nitrogens with zero attached hydrogens (tertiary/aromatic N) is 1. The normalized spacial score (nSPS) is 13.5. The minimum atomic E-state index is -0.399. The number of methoxy groups -OCH3 is 1. The number of benzene rings is 2. The summed E-state index contributed by atoms with van der Waals surface area (Å²) in [6.45, 7) is 2.86. The van der Waals surface area contributed by atoms with Gasteiger partial charge in [-0.15, -0.1) is 11.3 Å². The van der Waals surface area contributed by atoms with E-state index in [1.165, 1.54) is 11.3 Å². The zero-order valence-electron chi connectivity index (χ0n) is 17.1. The average Bonchev–Trinajstić information content (AvgIpc) is 3.29. The first-order chi connectivity index (χ1) is 15.2. The van der Waals surface area contributed by atoms with Gasteiger partial charge in [0.1, 0.15) is 5.75 Å². The lowest BCUT2D eigenvalue weighted by atomic mass is 10.1. The molecule has 8 heteroatoms. The molecule has 1 aliphatic rings. The zero-order valence-corrected chi connectivity index (χ0v) is 17.9. The maximum absolute atomic E-state index is 12.8. The summed E-state index contributed by atoms with van der Waals surface area (Å²) in [5, 5.41) is 1.03. The van der Waals surface area contributed by atoms with Gasteiger partial charge in [-0.3, -0.25) is 20.4 Å². The minimum absolute atomic E-state index is 0.358. The molecular formula is C23H23N3O4S. The second-order valence-electron chi connectivity index (χ2n) is 6.93. The van der Waals surface area contributed by atoms with Crippen molar-refractivity contribution in [1.29, 1.82) is 0 Å². The predicted octanol–water partition coefficient (Wildman–Crippen LogP) is 3.34. The van der Waals surface area contributed by atoms with Crippen LogP contribution in [0.1, 0.15) is 20.0 Å². The molecule has 160 valence electrons. The van der Waals surface area contributed by atoms with Crippen molar-refractivity contribution in [2.75, 3.05) is 38.3 Å². The number of rotatable bonds is 5. The molecule has 4 rings (SSSR count). The molecule has 1 aromatic heterocycles. The molecule has 0 unspecified atom stereocenters. The molecule has 0 spiro atoms. The van der Waals surface area contributed by atoms with Crippen LogP contribution in [0.25, 0.3) is 11.1 Å². The fourth-order valence-electron chi connectivity index (χ4n) is 3.31. The number of ether oxygens (including phenoxy) is 2. The maximum Gasteiger partial charge on any atom is 0.279 e. The van der Waals surface area contributed by atoms with E-state index < -0.39 is 5.91 Å². The highest BCUT2D eigenvalue weighted by Crippen LogP contribution is 2.39. The van der Waals surface area contributed by atoms with Crippen molar-refractivity contribution in [1.82, 2.24) is 10.9 Å². The van der Waals surface area contributed by atoms with Crippen LogP contribution >= 0.6 is 11.3 Å². The van der Waals surface area contributed by atoms with Crippen LogP contribution in [-0.2, 0) is 4.74 Å². The number of nitrogens with one attached hydrogen (secondary N) is 2. The summed E-state index contributed by atoms with van der Waals surface area (Å²) in [6, 6.07) is 18.5. The number of thiophene rings is 1. The van der Waals surface area contributed by atoms with E-state index in [-0.39, 0.29) is 5.91 Å². The van der Waals surface area contributed by atoms with Gasteiger partial charge in [-0.2, -0.15) is 0 Å². The van der Waals surface area contributed by atoms with Crippen molar-refractivity contribution < 1.29 is 19.1 Å². The summed E-state index contributed by atoms with van der Waals surface area (Å²) in [6.07, 6.45) is 0. The Morgan fingerprint density at radius 1 is 0.968 bits per heavy atom. The predicted molar refractivity (Wildman–Crippen MR) is 121 cm³/mol. The SMILES string of the molecule is COc1ccc(C(=O)NNC(=O)c2cc(-c3ccccc3)c(N3CCOCC3)s2)cc1. The average molecular weight is 438 g/mol. The molecule has 2 N–H and O–H groups in total. The molecule has 0 atom stereocenters. The number of carbonyl (C=O) groups is 2. The van der Waals surface area contributed by atoms with Gasteiger partial charge in [0.15, 0.2) is 0 Å². The lowest BCUT2D eigenvalue weighted by molar-refractivity contribution is 0.0849. The van der Waals surface area contributed by atoms with Crippen LogP contribution in [0, 0.1) is 0 Å². The number of hydrogen-bond donors (Lipinski definition) is 2. The van der Waals surface area contributed by atoms with Gasteiger partial charge in [-0.1, -0.05) is 30.3 Å². The molecule has 3 aromatic rings. The quantitative estimate of drug-likeness (QED) is 0.599. The molecule has 0 aliphatic carbocycles. The summed E-state index contributed by atoms with van der Waals surface area (Å²) in [7, 11) is 1.56. The first kappa shape index (κ1) is 20.9. The Hall–Kier alpha value is -3.36. The molecule has 7 nitrogen and oxygen atoms in total. The summed E-state index contributed by atoms with van der Waals surface area (Å²) in [5.41, 5.74) is 7.46. The standard InChI is InChI=1S/C23H23N3O4S/c1-29-18-9-7-17(8-10-18)21(27)24-25-22(28)20-15-19(16-5-3-2-4-6-16)23(31-20)26-11-13-30-14-12-26/h2-10,15H,11-14H2,1H3,(H,24,27)(H,25,28). The van der Waals surface area contributed by atoms with Gasteiger partial charge in [0, 0.05) is 24.2 Å². The van der Waals surface area contributed by atoms with Crippen molar-refractivity contribution in [3.05, 3.63) is 71.1 Å². The van der Waals surface area contributed by atoms with Crippen molar-refractivity contribution >= 4 is 28.2 Å². The van der Waals surface area contributed by atoms with Crippen LogP contribution in [0.2, 0.25) is 0 Å². The van der Waals surface area contributed by atoms with Crippen LogP contribution in [-0.4, -0.2) is 45.2 Å². The maximum atomic E-state index is 12.8. The number of hydrogen-bond acceptors (Lipinski definition) is 6. The number of amides is 2. The third-order valence-corrected chi connectivity index (χ3v) is 6.16. The van der Waals surface area contributed by atoms with Crippen LogP contribution in [0.3, 0.4) is 0 Å². The number of anilines is 1. The Kier molecular flexibility index (Phi) is 6.49. The van der Waals surface area contributed by atoms with Gasteiger partial charge in [0.05, 0.1) is 30.2 Å². The molecule has 31 heavy (non-hydrogen) atoms. The van der Waals surface area contributed by atoms with E-state index in [9.17, 15) is 9.59 Å². The van der Waals surface area contributed by atoms with E-state index in [1.807, 2.05) is 36.4 Å². The van der Waals surface area contributed by atoms with E-state index >= 15 is 0 Å². The lowest BCUT2D eigenvalue weighted by Crippen LogP contribution is -2.41. The molecule has 1 saturated heterocycles. The number of morpholine rings is 1. The van der Waals surface area contributed by atoms with Gasteiger partial charge in [0.25, 0.3) is 11.8 Å². The highest BCUT2D eigenvalue weighted by atomic mass is 32.1. The molecule has 0 radical (unpaired) electrons. The highest BCUT2D eigenvalue weighted by molar-refractivity contribution is 7.18. The smallest absolute Gasteiger partial charge is 0.279 e.